The molecular weight excluding hydrogens is 316 g/mol. The molecule has 0 unspecified atom stereocenters. The maximum absolute atomic E-state index is 12.5. The average molecular weight is 344 g/mol. The quantitative estimate of drug-likeness (QED) is 0.704. The highest BCUT2D eigenvalue weighted by Crippen LogP contribution is 2.27. The van der Waals surface area contributed by atoms with Crippen LogP contribution in [0.15, 0.2) is 0 Å². The molecule has 1 rings (SSSR count). The topological polar surface area (TPSA) is 84.5 Å². The van der Waals surface area contributed by atoms with Crippen LogP contribution in [0.3, 0.4) is 0 Å². The van der Waals surface area contributed by atoms with Crippen molar-refractivity contribution >= 4 is 29.5 Å². The van der Waals surface area contributed by atoms with Crippen LogP contribution >= 0.6 is 11.8 Å². The van der Waals surface area contributed by atoms with Crippen molar-refractivity contribution in [2.24, 2.45) is 5.92 Å². The zero-order valence-corrected chi connectivity index (χ0v) is 15.0. The largest absolute Gasteiger partial charge is 0.453 e. The minimum absolute atomic E-state index is 0.00364. The first-order valence-corrected chi connectivity index (χ1v) is 9.48. The molecule has 7 heteroatoms. The number of carbonyl (C=O) groups is 3. The number of ether oxygens (including phenoxy) is 1. The number of carbonyl (C=O) groups excluding carboxylic acids is 3. The van der Waals surface area contributed by atoms with Crippen LogP contribution < -0.4 is 10.6 Å². The Bertz CT molecular complexity index is 409. The summed E-state index contributed by atoms with van der Waals surface area (Å²) < 4.78 is 4.60. The summed E-state index contributed by atoms with van der Waals surface area (Å²) in [6.07, 6.45) is 6.22. The van der Waals surface area contributed by atoms with Crippen molar-refractivity contribution in [1.29, 1.82) is 0 Å². The SMILES string of the molecule is COC(=O)N[C@H](CCSC)C(=O)CC1CCC(NC(C)=O)CC1. The standard InChI is InChI=1S/C16H28N2O4S/c1-11(19)17-13-6-4-12(5-7-13)10-15(20)14(8-9-23-3)18-16(21)22-2/h12-14H,4-10H2,1-3H3,(H,17,19)(H,18,21)/t12?,13?,14-/m1/s1. The van der Waals surface area contributed by atoms with E-state index in [0.717, 1.165) is 31.4 Å². The van der Waals surface area contributed by atoms with Gasteiger partial charge < -0.3 is 15.4 Å². The Balaban J connectivity index is 2.45. The lowest BCUT2D eigenvalue weighted by Gasteiger charge is -2.29. The summed E-state index contributed by atoms with van der Waals surface area (Å²) in [6.45, 7) is 1.53. The van der Waals surface area contributed by atoms with Crippen molar-refractivity contribution in [3.63, 3.8) is 0 Å². The van der Waals surface area contributed by atoms with Gasteiger partial charge in [-0.1, -0.05) is 0 Å². The Kier molecular flexibility index (Phi) is 9.06. The molecular formula is C16H28N2O4S. The molecule has 1 fully saturated rings. The monoisotopic (exact) mass is 344 g/mol. The molecule has 0 saturated heterocycles. The van der Waals surface area contributed by atoms with Gasteiger partial charge in [0, 0.05) is 19.4 Å². The summed E-state index contributed by atoms with van der Waals surface area (Å²) >= 11 is 1.65. The fraction of sp³-hybridized carbons (Fsp3) is 0.812. The van der Waals surface area contributed by atoms with Crippen molar-refractivity contribution in [1.82, 2.24) is 10.6 Å². The number of thioether (sulfide) groups is 1. The lowest BCUT2D eigenvalue weighted by atomic mass is 9.82. The molecule has 0 heterocycles. The predicted molar refractivity (Wildman–Crippen MR) is 91.5 cm³/mol. The summed E-state index contributed by atoms with van der Waals surface area (Å²) in [7, 11) is 1.30. The van der Waals surface area contributed by atoms with Crippen LogP contribution in [0.5, 0.6) is 0 Å². The fourth-order valence-corrected chi connectivity index (χ4v) is 3.45. The first-order chi connectivity index (χ1) is 11.0. The van der Waals surface area contributed by atoms with Gasteiger partial charge in [0.15, 0.2) is 5.78 Å². The van der Waals surface area contributed by atoms with Crippen LogP contribution in [0.2, 0.25) is 0 Å². The maximum atomic E-state index is 12.5. The summed E-state index contributed by atoms with van der Waals surface area (Å²) in [5.74, 6) is 1.23. The zero-order valence-electron chi connectivity index (χ0n) is 14.2. The van der Waals surface area contributed by atoms with E-state index >= 15 is 0 Å². The third-order valence-corrected chi connectivity index (χ3v) is 4.86. The van der Waals surface area contributed by atoms with Gasteiger partial charge in [0.2, 0.25) is 5.91 Å². The molecule has 2 amide bonds. The molecule has 0 spiro atoms. The molecule has 0 bridgehead atoms. The van der Waals surface area contributed by atoms with E-state index in [-0.39, 0.29) is 17.7 Å². The molecule has 0 aromatic carbocycles. The highest BCUT2D eigenvalue weighted by molar-refractivity contribution is 7.98. The molecule has 1 aliphatic carbocycles. The van der Waals surface area contributed by atoms with Gasteiger partial charge in [-0.3, -0.25) is 9.59 Å². The first-order valence-electron chi connectivity index (χ1n) is 8.09. The highest BCUT2D eigenvalue weighted by atomic mass is 32.2. The Labute approximate surface area is 142 Å². The van der Waals surface area contributed by atoms with Gasteiger partial charge in [0.25, 0.3) is 0 Å². The van der Waals surface area contributed by atoms with E-state index in [4.69, 9.17) is 0 Å². The first kappa shape index (κ1) is 19.8. The Hall–Kier alpha value is -1.24. The highest BCUT2D eigenvalue weighted by Gasteiger charge is 2.27. The van der Waals surface area contributed by atoms with E-state index in [0.29, 0.717) is 18.8 Å². The van der Waals surface area contributed by atoms with Gasteiger partial charge in [-0.25, -0.2) is 4.79 Å². The molecule has 0 aromatic rings. The van der Waals surface area contributed by atoms with Gasteiger partial charge in [0.1, 0.15) is 0 Å². The minimum atomic E-state index is -0.557. The lowest BCUT2D eigenvalue weighted by molar-refractivity contribution is -0.123. The summed E-state index contributed by atoms with van der Waals surface area (Å²) in [4.78, 5) is 34.9. The second-order valence-electron chi connectivity index (χ2n) is 6.06. The van der Waals surface area contributed by atoms with Crippen LogP contribution in [0.25, 0.3) is 0 Å². The maximum Gasteiger partial charge on any atom is 0.407 e. The predicted octanol–water partition coefficient (Wildman–Crippen LogP) is 2.12. The van der Waals surface area contributed by atoms with E-state index in [2.05, 4.69) is 15.4 Å². The number of ketones is 1. The average Bonchev–Trinajstić information content (AvgIpc) is 2.52. The summed E-state index contributed by atoms with van der Waals surface area (Å²) in [5.41, 5.74) is 0. The van der Waals surface area contributed by atoms with Gasteiger partial charge in [-0.2, -0.15) is 11.8 Å². The van der Waals surface area contributed by atoms with E-state index in [1.165, 1.54) is 14.0 Å². The molecule has 1 atom stereocenters. The number of methoxy groups -OCH3 is 1. The zero-order chi connectivity index (χ0) is 17.2. The smallest absolute Gasteiger partial charge is 0.407 e. The number of nitrogens with one attached hydrogen (secondary N) is 2. The molecule has 6 nitrogen and oxygen atoms in total. The molecule has 0 aromatic heterocycles. The van der Waals surface area contributed by atoms with Crippen molar-refractivity contribution < 1.29 is 19.1 Å². The fourth-order valence-electron chi connectivity index (χ4n) is 2.98. The van der Waals surface area contributed by atoms with Crippen LogP contribution in [0.4, 0.5) is 4.79 Å². The van der Waals surface area contributed by atoms with Crippen LogP contribution in [0.1, 0.15) is 45.4 Å². The molecule has 23 heavy (non-hydrogen) atoms. The van der Waals surface area contributed by atoms with E-state index in [1.807, 2.05) is 6.26 Å². The summed E-state index contributed by atoms with van der Waals surface area (Å²) in [5, 5.41) is 5.58. The van der Waals surface area contributed by atoms with Crippen LogP contribution in [-0.4, -0.2) is 49.0 Å². The van der Waals surface area contributed by atoms with Crippen LogP contribution in [-0.2, 0) is 14.3 Å². The van der Waals surface area contributed by atoms with Gasteiger partial charge in [-0.05, 0) is 50.0 Å². The van der Waals surface area contributed by atoms with E-state index < -0.39 is 12.1 Å². The number of alkyl carbamates (subject to hydrolysis) is 1. The van der Waals surface area contributed by atoms with Gasteiger partial charge in [0.05, 0.1) is 13.2 Å². The Morgan fingerprint density at radius 1 is 1.22 bits per heavy atom. The number of rotatable bonds is 8. The second-order valence-corrected chi connectivity index (χ2v) is 7.04. The van der Waals surface area contributed by atoms with Gasteiger partial charge >= 0.3 is 6.09 Å². The van der Waals surface area contributed by atoms with Gasteiger partial charge in [-0.15, -0.1) is 0 Å². The minimum Gasteiger partial charge on any atom is -0.453 e. The molecule has 0 aliphatic heterocycles. The molecule has 132 valence electrons. The second kappa shape index (κ2) is 10.5. The normalized spacial score (nSPS) is 22.0. The molecule has 2 N–H and O–H groups in total. The lowest BCUT2D eigenvalue weighted by Crippen LogP contribution is -2.42. The number of Topliss-reactive ketones (excluding diaryl/α,β-unsaturated/α-hetero) is 1. The number of hydrogen-bond acceptors (Lipinski definition) is 5. The Morgan fingerprint density at radius 2 is 1.87 bits per heavy atom. The molecule has 0 radical (unpaired) electrons. The third kappa shape index (κ3) is 7.72. The van der Waals surface area contributed by atoms with E-state index in [9.17, 15) is 14.4 Å². The van der Waals surface area contributed by atoms with E-state index in [1.54, 1.807) is 11.8 Å². The summed E-state index contributed by atoms with van der Waals surface area (Å²) in [6, 6.07) is -0.234. The molecule has 1 aliphatic rings. The van der Waals surface area contributed by atoms with Crippen molar-refractivity contribution in [3.8, 4) is 0 Å². The van der Waals surface area contributed by atoms with Crippen molar-refractivity contribution in [2.45, 2.75) is 57.5 Å². The Morgan fingerprint density at radius 3 is 2.39 bits per heavy atom. The number of hydrogen-bond donors (Lipinski definition) is 2. The third-order valence-electron chi connectivity index (χ3n) is 4.22. The van der Waals surface area contributed by atoms with Crippen LogP contribution in [0, 0.1) is 5.92 Å². The van der Waals surface area contributed by atoms with Crippen molar-refractivity contribution in [3.05, 3.63) is 0 Å². The molecule has 1 saturated carbocycles. The number of amides is 2. The van der Waals surface area contributed by atoms with Crippen molar-refractivity contribution in [2.75, 3.05) is 19.1 Å².